The lowest BCUT2D eigenvalue weighted by Gasteiger charge is -2.41. The van der Waals surface area contributed by atoms with E-state index >= 15 is 0 Å². The quantitative estimate of drug-likeness (QED) is 0.624. The smallest absolute Gasteiger partial charge is 0.331 e. The molecule has 1 aromatic carbocycles. The van der Waals surface area contributed by atoms with Crippen LogP contribution in [0.3, 0.4) is 0 Å². The second-order valence-corrected chi connectivity index (χ2v) is 5.34. The highest BCUT2D eigenvalue weighted by Gasteiger charge is 2.43. The number of carbonyl (C=O) groups is 1. The predicted octanol–water partition coefficient (Wildman–Crippen LogP) is 1.78. The van der Waals surface area contributed by atoms with E-state index in [2.05, 4.69) is 5.16 Å². The van der Waals surface area contributed by atoms with Crippen LogP contribution in [0.25, 0.3) is 0 Å². The maximum Gasteiger partial charge on any atom is 0.331 e. The van der Waals surface area contributed by atoms with Gasteiger partial charge in [0.1, 0.15) is 12.2 Å². The molecule has 0 N–H and O–H groups in total. The zero-order chi connectivity index (χ0) is 16.2. The van der Waals surface area contributed by atoms with Gasteiger partial charge in [-0.3, -0.25) is 0 Å². The zero-order valence-electron chi connectivity index (χ0n) is 13.0. The average Bonchev–Trinajstić information content (AvgIpc) is 2.59. The molecule has 2 fully saturated rings. The Morgan fingerprint density at radius 1 is 1.26 bits per heavy atom. The van der Waals surface area contributed by atoms with Gasteiger partial charge in [0.15, 0.2) is 12.6 Å². The van der Waals surface area contributed by atoms with Gasteiger partial charge in [0.05, 0.1) is 12.3 Å². The Bertz CT molecular complexity index is 575. The Hall–Kier alpha value is -1.80. The number of methoxy groups -OCH3 is 1. The number of carbonyl (C=O) groups excluding carboxylic acids is 1. The van der Waals surface area contributed by atoms with E-state index in [1.807, 2.05) is 30.3 Å². The van der Waals surface area contributed by atoms with Crippen LogP contribution in [0.2, 0.25) is 0 Å². The van der Waals surface area contributed by atoms with Gasteiger partial charge in [0.25, 0.3) is 0 Å². The molecular weight excluding hydrogens is 302 g/mol. The molecule has 3 rings (SSSR count). The number of rotatable bonds is 3. The van der Waals surface area contributed by atoms with Gasteiger partial charge in [-0.1, -0.05) is 35.5 Å². The first-order valence-electron chi connectivity index (χ1n) is 7.42. The first-order chi connectivity index (χ1) is 11.2. The van der Waals surface area contributed by atoms with Crippen molar-refractivity contribution in [1.82, 2.24) is 0 Å². The van der Waals surface area contributed by atoms with Crippen LogP contribution in [0.5, 0.6) is 0 Å². The van der Waals surface area contributed by atoms with E-state index in [-0.39, 0.29) is 6.10 Å². The molecule has 2 saturated heterocycles. The number of nitrogens with zero attached hydrogens (tertiary/aromatic N) is 1. The minimum atomic E-state index is -0.511. The lowest BCUT2D eigenvalue weighted by Crippen LogP contribution is -2.53. The summed E-state index contributed by atoms with van der Waals surface area (Å²) in [7, 11) is 1.55. The van der Waals surface area contributed by atoms with Gasteiger partial charge in [-0.25, -0.2) is 4.79 Å². The lowest BCUT2D eigenvalue weighted by atomic mass is 10.0. The molecule has 0 radical (unpaired) electrons. The summed E-state index contributed by atoms with van der Waals surface area (Å²) in [6, 6.07) is 9.61. The van der Waals surface area contributed by atoms with E-state index in [9.17, 15) is 4.79 Å². The van der Waals surface area contributed by atoms with Crippen LogP contribution in [0, 0.1) is 0 Å². The number of hydrogen-bond acceptors (Lipinski definition) is 7. The highest BCUT2D eigenvalue weighted by atomic mass is 16.7. The third kappa shape index (κ3) is 3.76. The standard InChI is InChI=1S/C16H19NO6/c1-10(18)23-17-12-8-14(19-2)21-13-9-20-16(22-15(12)13)11-6-4-3-5-7-11/h3-7,13-16H,8-9H2,1-2H3/b17-12+/t13-,14+,15+,16+/m0/s1. The fourth-order valence-electron chi connectivity index (χ4n) is 2.60. The molecule has 23 heavy (non-hydrogen) atoms. The van der Waals surface area contributed by atoms with Crippen LogP contribution in [-0.4, -0.2) is 43.9 Å². The molecule has 0 spiro atoms. The predicted molar refractivity (Wildman–Crippen MR) is 79.5 cm³/mol. The van der Waals surface area contributed by atoms with Crippen molar-refractivity contribution >= 4 is 11.7 Å². The SMILES string of the molecule is CO[C@H]1C/C(=N\OC(C)=O)[C@H]2O[C@H](c3ccccc3)OC[C@@H]2O1. The molecule has 0 unspecified atom stereocenters. The van der Waals surface area contributed by atoms with Gasteiger partial charge >= 0.3 is 5.97 Å². The summed E-state index contributed by atoms with van der Waals surface area (Å²) in [6.07, 6.45) is -1.41. The van der Waals surface area contributed by atoms with Gasteiger partial charge in [0.2, 0.25) is 0 Å². The number of hydrogen-bond donors (Lipinski definition) is 0. The van der Waals surface area contributed by atoms with Crippen molar-refractivity contribution < 1.29 is 28.6 Å². The third-order valence-corrected chi connectivity index (χ3v) is 3.68. The van der Waals surface area contributed by atoms with Crippen molar-refractivity contribution in [3.8, 4) is 0 Å². The van der Waals surface area contributed by atoms with E-state index in [0.717, 1.165) is 5.56 Å². The zero-order valence-corrected chi connectivity index (χ0v) is 13.0. The molecule has 7 heteroatoms. The van der Waals surface area contributed by atoms with Crippen molar-refractivity contribution in [3.63, 3.8) is 0 Å². The van der Waals surface area contributed by atoms with Crippen LogP contribution in [0.15, 0.2) is 35.5 Å². The van der Waals surface area contributed by atoms with Gasteiger partial charge in [-0.15, -0.1) is 0 Å². The van der Waals surface area contributed by atoms with Gasteiger partial charge < -0.3 is 23.8 Å². The fraction of sp³-hybridized carbons (Fsp3) is 0.500. The molecular formula is C16H19NO6. The van der Waals surface area contributed by atoms with Crippen molar-refractivity contribution in [3.05, 3.63) is 35.9 Å². The Labute approximate surface area is 134 Å². The van der Waals surface area contributed by atoms with Crippen LogP contribution in [0.4, 0.5) is 0 Å². The monoisotopic (exact) mass is 321 g/mol. The molecule has 7 nitrogen and oxygen atoms in total. The Morgan fingerprint density at radius 3 is 2.74 bits per heavy atom. The fourth-order valence-corrected chi connectivity index (χ4v) is 2.60. The summed E-state index contributed by atoms with van der Waals surface area (Å²) < 4.78 is 22.7. The summed E-state index contributed by atoms with van der Waals surface area (Å²) >= 11 is 0. The first-order valence-corrected chi connectivity index (χ1v) is 7.42. The second kappa shape index (κ2) is 7.18. The first kappa shape index (κ1) is 16.1. The minimum Gasteiger partial charge on any atom is -0.355 e. The second-order valence-electron chi connectivity index (χ2n) is 5.34. The minimum absolute atomic E-state index is 0.336. The summed E-state index contributed by atoms with van der Waals surface area (Å²) in [6.45, 7) is 1.63. The maximum atomic E-state index is 11.0. The maximum absolute atomic E-state index is 11.0. The Kier molecular flexibility index (Phi) is 5.02. The molecule has 2 aliphatic heterocycles. The topological polar surface area (TPSA) is 75.6 Å². The molecule has 4 atom stereocenters. The van der Waals surface area contributed by atoms with Crippen molar-refractivity contribution in [2.24, 2.45) is 5.16 Å². The van der Waals surface area contributed by atoms with Crippen LogP contribution in [0.1, 0.15) is 25.2 Å². The molecule has 2 heterocycles. The highest BCUT2D eigenvalue weighted by Crippen LogP contribution is 2.32. The van der Waals surface area contributed by atoms with Crippen molar-refractivity contribution in [1.29, 1.82) is 0 Å². The number of oxime groups is 1. The average molecular weight is 321 g/mol. The van der Waals surface area contributed by atoms with Crippen molar-refractivity contribution in [2.75, 3.05) is 13.7 Å². The lowest BCUT2D eigenvalue weighted by molar-refractivity contribution is -0.286. The highest BCUT2D eigenvalue weighted by molar-refractivity contribution is 5.90. The van der Waals surface area contributed by atoms with E-state index in [1.165, 1.54) is 6.92 Å². The van der Waals surface area contributed by atoms with E-state index in [0.29, 0.717) is 18.7 Å². The summed E-state index contributed by atoms with van der Waals surface area (Å²) in [5.74, 6) is -0.485. The van der Waals surface area contributed by atoms with E-state index in [1.54, 1.807) is 7.11 Å². The molecule has 0 aromatic heterocycles. The van der Waals surface area contributed by atoms with Gasteiger partial charge in [0, 0.05) is 26.0 Å². The molecule has 124 valence electrons. The normalized spacial score (nSPS) is 32.3. The molecule has 0 saturated carbocycles. The van der Waals surface area contributed by atoms with Crippen LogP contribution < -0.4 is 0 Å². The van der Waals surface area contributed by atoms with E-state index in [4.69, 9.17) is 23.8 Å². The largest absolute Gasteiger partial charge is 0.355 e. The van der Waals surface area contributed by atoms with Gasteiger partial charge in [-0.05, 0) is 0 Å². The molecule has 0 amide bonds. The third-order valence-electron chi connectivity index (χ3n) is 3.68. The molecule has 0 aliphatic carbocycles. The molecule has 2 aliphatic rings. The Morgan fingerprint density at radius 2 is 2.04 bits per heavy atom. The number of benzene rings is 1. The number of ether oxygens (including phenoxy) is 4. The van der Waals surface area contributed by atoms with Crippen molar-refractivity contribution in [2.45, 2.75) is 38.1 Å². The molecule has 1 aromatic rings. The summed E-state index contributed by atoms with van der Waals surface area (Å²) in [5.41, 5.74) is 1.49. The molecule has 0 bridgehead atoms. The van der Waals surface area contributed by atoms with Crippen LogP contribution in [-0.2, 0) is 28.6 Å². The summed E-state index contributed by atoms with van der Waals surface area (Å²) in [4.78, 5) is 15.8. The Balaban J connectivity index is 1.78. The van der Waals surface area contributed by atoms with Crippen LogP contribution >= 0.6 is 0 Å². The number of fused-ring (bicyclic) bond motifs is 1. The summed E-state index contributed by atoms with van der Waals surface area (Å²) in [5, 5.41) is 3.92. The van der Waals surface area contributed by atoms with E-state index < -0.39 is 24.7 Å². The van der Waals surface area contributed by atoms with Gasteiger partial charge in [-0.2, -0.15) is 0 Å².